The summed E-state index contributed by atoms with van der Waals surface area (Å²) in [7, 11) is 0. The maximum absolute atomic E-state index is 13.8. The highest BCUT2D eigenvalue weighted by Gasteiger charge is 2.24. The number of halogens is 3. The lowest BCUT2D eigenvalue weighted by molar-refractivity contribution is -0.110. The number of anilines is 2. The molecule has 4 nitrogen and oxygen atoms in total. The first kappa shape index (κ1) is 17.0. The summed E-state index contributed by atoms with van der Waals surface area (Å²) >= 11 is 0. The van der Waals surface area contributed by atoms with Gasteiger partial charge < -0.3 is 15.6 Å². The Hall–Kier alpha value is -3.48. The SMILES string of the molecule is O=C1Nc2ccc(NCc3cc(F)cc(F)c3F)cc2C1=Cc1ccc[nH]1. The predicted molar refractivity (Wildman–Crippen MR) is 97.4 cm³/mol. The molecule has 0 bridgehead atoms. The van der Waals surface area contributed by atoms with Crippen molar-refractivity contribution in [3.63, 3.8) is 0 Å². The molecule has 0 aliphatic carbocycles. The molecule has 1 aromatic heterocycles. The first-order valence-electron chi connectivity index (χ1n) is 8.19. The van der Waals surface area contributed by atoms with Crippen molar-refractivity contribution in [3.05, 3.63) is 82.9 Å². The summed E-state index contributed by atoms with van der Waals surface area (Å²) in [5.41, 5.74) is 3.08. The van der Waals surface area contributed by atoms with Gasteiger partial charge in [0, 0.05) is 47.0 Å². The van der Waals surface area contributed by atoms with Crippen LogP contribution in [-0.4, -0.2) is 10.9 Å². The van der Waals surface area contributed by atoms with E-state index in [4.69, 9.17) is 0 Å². The van der Waals surface area contributed by atoms with Crippen LogP contribution in [0, 0.1) is 17.5 Å². The van der Waals surface area contributed by atoms with Crippen LogP contribution in [0.2, 0.25) is 0 Å². The number of carbonyl (C=O) groups is 1. The molecular weight excluding hydrogens is 355 g/mol. The van der Waals surface area contributed by atoms with Crippen molar-refractivity contribution in [2.75, 3.05) is 10.6 Å². The number of aromatic nitrogens is 1. The van der Waals surface area contributed by atoms with Crippen LogP contribution >= 0.6 is 0 Å². The molecule has 3 N–H and O–H groups in total. The summed E-state index contributed by atoms with van der Waals surface area (Å²) in [6.45, 7) is -0.101. The van der Waals surface area contributed by atoms with Gasteiger partial charge in [-0.25, -0.2) is 13.2 Å². The van der Waals surface area contributed by atoms with E-state index in [0.717, 1.165) is 11.8 Å². The second-order valence-electron chi connectivity index (χ2n) is 6.11. The van der Waals surface area contributed by atoms with Crippen molar-refractivity contribution >= 4 is 28.9 Å². The van der Waals surface area contributed by atoms with Crippen LogP contribution in [0.5, 0.6) is 0 Å². The van der Waals surface area contributed by atoms with Gasteiger partial charge in [0.25, 0.3) is 5.91 Å². The summed E-state index contributed by atoms with van der Waals surface area (Å²) in [5.74, 6) is -3.39. The van der Waals surface area contributed by atoms with Gasteiger partial charge in [0.05, 0.1) is 5.57 Å². The Balaban J connectivity index is 1.60. The molecular formula is C20H14F3N3O. The minimum Gasteiger partial charge on any atom is -0.381 e. The molecule has 27 heavy (non-hydrogen) atoms. The summed E-state index contributed by atoms with van der Waals surface area (Å²) in [5, 5.41) is 5.71. The van der Waals surface area contributed by atoms with Crippen molar-refractivity contribution in [2.45, 2.75) is 6.54 Å². The van der Waals surface area contributed by atoms with Crippen molar-refractivity contribution in [1.82, 2.24) is 4.98 Å². The molecule has 2 heterocycles. The molecule has 1 amide bonds. The van der Waals surface area contributed by atoms with Gasteiger partial charge in [-0.2, -0.15) is 0 Å². The minimum absolute atomic E-state index is 0.101. The third-order valence-corrected chi connectivity index (χ3v) is 4.28. The topological polar surface area (TPSA) is 56.9 Å². The maximum Gasteiger partial charge on any atom is 0.256 e. The zero-order chi connectivity index (χ0) is 19.0. The first-order chi connectivity index (χ1) is 13.0. The fourth-order valence-electron chi connectivity index (χ4n) is 2.97. The van der Waals surface area contributed by atoms with Crippen LogP contribution in [-0.2, 0) is 11.3 Å². The van der Waals surface area contributed by atoms with E-state index >= 15 is 0 Å². The van der Waals surface area contributed by atoms with Crippen molar-refractivity contribution in [3.8, 4) is 0 Å². The van der Waals surface area contributed by atoms with E-state index in [1.807, 2.05) is 12.1 Å². The van der Waals surface area contributed by atoms with Gasteiger partial charge in [-0.15, -0.1) is 0 Å². The summed E-state index contributed by atoms with van der Waals surface area (Å²) < 4.78 is 40.4. The van der Waals surface area contributed by atoms with Gasteiger partial charge in [0.1, 0.15) is 5.82 Å². The molecule has 0 unspecified atom stereocenters. The lowest BCUT2D eigenvalue weighted by Crippen LogP contribution is -2.04. The van der Waals surface area contributed by atoms with Crippen molar-refractivity contribution in [2.24, 2.45) is 0 Å². The normalized spacial score (nSPS) is 14.3. The van der Waals surface area contributed by atoms with Crippen molar-refractivity contribution < 1.29 is 18.0 Å². The van der Waals surface area contributed by atoms with E-state index in [1.54, 1.807) is 30.5 Å². The zero-order valence-corrected chi connectivity index (χ0v) is 13.9. The third-order valence-electron chi connectivity index (χ3n) is 4.28. The number of carbonyl (C=O) groups excluding carboxylic acids is 1. The van der Waals surface area contributed by atoms with Crippen LogP contribution in [0.4, 0.5) is 24.5 Å². The van der Waals surface area contributed by atoms with Gasteiger partial charge in [-0.1, -0.05) is 0 Å². The second-order valence-corrected chi connectivity index (χ2v) is 6.11. The van der Waals surface area contributed by atoms with Crippen LogP contribution in [0.1, 0.15) is 16.8 Å². The average Bonchev–Trinajstić information content (AvgIpc) is 3.25. The smallest absolute Gasteiger partial charge is 0.256 e. The van der Waals surface area contributed by atoms with Gasteiger partial charge >= 0.3 is 0 Å². The Morgan fingerprint density at radius 2 is 1.93 bits per heavy atom. The molecule has 0 saturated heterocycles. The average molecular weight is 369 g/mol. The van der Waals surface area contributed by atoms with E-state index < -0.39 is 17.5 Å². The highest BCUT2D eigenvalue weighted by atomic mass is 19.2. The summed E-state index contributed by atoms with van der Waals surface area (Å²) in [6.07, 6.45) is 3.48. The van der Waals surface area contributed by atoms with Crippen LogP contribution in [0.3, 0.4) is 0 Å². The molecule has 4 rings (SSSR count). The molecule has 7 heteroatoms. The molecule has 1 aliphatic rings. The molecule has 0 saturated carbocycles. The first-order valence-corrected chi connectivity index (χ1v) is 8.19. The Labute approximate surface area is 152 Å². The number of H-pyrrole nitrogens is 1. The van der Waals surface area contributed by atoms with Crippen molar-refractivity contribution in [1.29, 1.82) is 0 Å². The standard InChI is InChI=1S/C20H14F3N3O/c21-12-6-11(19(23)17(22)7-12)10-25-14-3-4-18-15(8-14)16(20(27)26-18)9-13-2-1-5-24-13/h1-9,24-25H,10H2,(H,26,27). The fourth-order valence-corrected chi connectivity index (χ4v) is 2.97. The fraction of sp³-hybridized carbons (Fsp3) is 0.0500. The molecule has 2 aromatic carbocycles. The maximum atomic E-state index is 13.8. The largest absolute Gasteiger partial charge is 0.381 e. The molecule has 0 radical (unpaired) electrons. The Kier molecular flexibility index (Phi) is 4.19. The van der Waals surface area contributed by atoms with Crippen LogP contribution < -0.4 is 10.6 Å². The number of aromatic amines is 1. The Morgan fingerprint density at radius 1 is 1.07 bits per heavy atom. The number of rotatable bonds is 4. The number of nitrogens with one attached hydrogen (secondary N) is 3. The van der Waals surface area contributed by atoms with Gasteiger partial charge in [-0.05, 0) is 42.5 Å². The Bertz CT molecular complexity index is 1060. The predicted octanol–water partition coefficient (Wildman–Crippen LogP) is 4.54. The van der Waals surface area contributed by atoms with E-state index in [9.17, 15) is 18.0 Å². The molecule has 0 fully saturated rings. The lowest BCUT2D eigenvalue weighted by Gasteiger charge is -2.10. The molecule has 0 atom stereocenters. The van der Waals surface area contributed by atoms with Gasteiger partial charge in [-0.3, -0.25) is 4.79 Å². The quantitative estimate of drug-likeness (QED) is 0.467. The number of fused-ring (bicyclic) bond motifs is 1. The molecule has 1 aliphatic heterocycles. The minimum atomic E-state index is -1.23. The number of amides is 1. The third kappa shape index (κ3) is 3.31. The highest BCUT2D eigenvalue weighted by molar-refractivity contribution is 6.35. The van der Waals surface area contributed by atoms with E-state index in [1.165, 1.54) is 0 Å². The van der Waals surface area contributed by atoms with E-state index in [2.05, 4.69) is 15.6 Å². The lowest BCUT2D eigenvalue weighted by atomic mass is 10.0. The monoisotopic (exact) mass is 369 g/mol. The van der Waals surface area contributed by atoms with Gasteiger partial charge in [0.2, 0.25) is 0 Å². The van der Waals surface area contributed by atoms with Crippen LogP contribution in [0.15, 0.2) is 48.7 Å². The van der Waals surface area contributed by atoms with E-state index in [0.29, 0.717) is 28.6 Å². The molecule has 0 spiro atoms. The second kappa shape index (κ2) is 6.68. The highest BCUT2D eigenvalue weighted by Crippen LogP contribution is 2.35. The molecule has 3 aromatic rings. The molecule has 136 valence electrons. The summed E-state index contributed by atoms with van der Waals surface area (Å²) in [6, 6.07) is 10.3. The number of benzene rings is 2. The van der Waals surface area contributed by atoms with Gasteiger partial charge in [0.15, 0.2) is 11.6 Å². The van der Waals surface area contributed by atoms with Crippen LogP contribution in [0.25, 0.3) is 11.6 Å². The number of hydrogen-bond acceptors (Lipinski definition) is 2. The zero-order valence-electron chi connectivity index (χ0n) is 13.9. The van der Waals surface area contributed by atoms with E-state index in [-0.39, 0.29) is 18.0 Å². The Morgan fingerprint density at radius 3 is 2.70 bits per heavy atom. The number of hydrogen-bond donors (Lipinski definition) is 3. The summed E-state index contributed by atoms with van der Waals surface area (Å²) in [4.78, 5) is 15.2.